The Kier molecular flexibility index (Phi) is 8.36. The molecular formula is C27H35N5O3. The molecule has 4 amide bonds. The van der Waals surface area contributed by atoms with Gasteiger partial charge >= 0.3 is 6.03 Å². The molecule has 0 aromatic heterocycles. The maximum absolute atomic E-state index is 12.7. The zero-order chi connectivity index (χ0) is 24.6. The van der Waals surface area contributed by atoms with Gasteiger partial charge in [0.15, 0.2) is 0 Å². The molecule has 2 fully saturated rings. The molecule has 0 bridgehead atoms. The molecule has 2 aliphatic rings. The van der Waals surface area contributed by atoms with Crippen molar-refractivity contribution < 1.29 is 14.4 Å². The topological polar surface area (TPSA) is 93.8 Å². The van der Waals surface area contributed by atoms with E-state index < -0.39 is 0 Å². The van der Waals surface area contributed by atoms with E-state index in [0.717, 1.165) is 48.2 Å². The highest BCUT2D eigenvalue weighted by molar-refractivity contribution is 5.93. The zero-order valence-electron chi connectivity index (χ0n) is 20.4. The molecule has 2 aromatic rings. The highest BCUT2D eigenvalue weighted by Crippen LogP contribution is 2.27. The molecule has 1 aliphatic carbocycles. The third kappa shape index (κ3) is 6.82. The molecule has 2 aromatic carbocycles. The minimum atomic E-state index is -0.116. The number of carbonyl (C=O) groups excluding carboxylic acids is 3. The molecule has 1 saturated heterocycles. The van der Waals surface area contributed by atoms with Crippen LogP contribution in [0.15, 0.2) is 48.5 Å². The van der Waals surface area contributed by atoms with Crippen molar-refractivity contribution in [2.75, 3.05) is 43.4 Å². The molecule has 0 unspecified atom stereocenters. The van der Waals surface area contributed by atoms with Crippen molar-refractivity contribution in [1.82, 2.24) is 15.1 Å². The number of hydrogen-bond donors (Lipinski definition) is 3. The van der Waals surface area contributed by atoms with Gasteiger partial charge in [0.05, 0.1) is 6.54 Å². The van der Waals surface area contributed by atoms with Gasteiger partial charge in [-0.15, -0.1) is 0 Å². The van der Waals surface area contributed by atoms with Gasteiger partial charge in [-0.2, -0.15) is 0 Å². The summed E-state index contributed by atoms with van der Waals surface area (Å²) in [5.41, 5.74) is 3.69. The van der Waals surface area contributed by atoms with E-state index in [1.807, 2.05) is 48.5 Å². The summed E-state index contributed by atoms with van der Waals surface area (Å²) in [4.78, 5) is 41.2. The number of nitrogens with zero attached hydrogens (tertiary/aromatic N) is 2. The second kappa shape index (κ2) is 11.8. The van der Waals surface area contributed by atoms with Crippen LogP contribution in [0.5, 0.6) is 0 Å². The lowest BCUT2D eigenvalue weighted by Crippen LogP contribution is -2.52. The number of aryl methyl sites for hydroxylation is 1. The monoisotopic (exact) mass is 477 g/mol. The van der Waals surface area contributed by atoms with Gasteiger partial charge in [0.25, 0.3) is 0 Å². The smallest absolute Gasteiger partial charge is 0.317 e. The average Bonchev–Trinajstić information content (AvgIpc) is 2.82. The van der Waals surface area contributed by atoms with Crippen molar-refractivity contribution in [2.45, 2.75) is 39.2 Å². The number of rotatable bonds is 8. The molecule has 0 atom stereocenters. The summed E-state index contributed by atoms with van der Waals surface area (Å²) < 4.78 is 0. The minimum Gasteiger partial charge on any atom is -0.334 e. The molecular weight excluding hydrogens is 442 g/mol. The second-order valence-corrected chi connectivity index (χ2v) is 9.30. The van der Waals surface area contributed by atoms with E-state index in [0.29, 0.717) is 39.3 Å². The van der Waals surface area contributed by atoms with Gasteiger partial charge in [0.2, 0.25) is 11.8 Å². The predicted octanol–water partition coefficient (Wildman–Crippen LogP) is 3.45. The average molecular weight is 478 g/mol. The van der Waals surface area contributed by atoms with Crippen LogP contribution in [0.2, 0.25) is 0 Å². The summed E-state index contributed by atoms with van der Waals surface area (Å²) in [6.07, 6.45) is 3.92. The molecule has 1 heterocycles. The first-order chi connectivity index (χ1) is 17.0. The molecule has 186 valence electrons. The summed E-state index contributed by atoms with van der Waals surface area (Å²) >= 11 is 0. The molecule has 8 heteroatoms. The lowest BCUT2D eigenvalue weighted by atomic mass is 9.85. The Hall–Kier alpha value is -3.39. The highest BCUT2D eigenvalue weighted by atomic mass is 16.2. The van der Waals surface area contributed by atoms with E-state index in [1.54, 1.807) is 4.90 Å². The standard InChI is InChI=1S/C27H35N5O3/c1-2-21-8-3-4-12-24(21)30-25(33)19-31-13-15-32(16-14-31)27(35)28-18-20-7-5-11-23(17-20)29-26(34)22-9-6-10-22/h3-5,7-8,11-12,17,22H,2,6,9-10,13-16,18-19H2,1H3,(H,28,35)(H,29,34)(H,30,33). The Balaban J connectivity index is 1.18. The van der Waals surface area contributed by atoms with Gasteiger partial charge in [-0.05, 0) is 48.6 Å². The van der Waals surface area contributed by atoms with Crippen LogP contribution in [0.3, 0.4) is 0 Å². The number of urea groups is 1. The number of anilines is 2. The highest BCUT2D eigenvalue weighted by Gasteiger charge is 2.25. The fraction of sp³-hybridized carbons (Fsp3) is 0.444. The third-order valence-corrected chi connectivity index (χ3v) is 6.81. The van der Waals surface area contributed by atoms with Crippen LogP contribution in [0.25, 0.3) is 0 Å². The van der Waals surface area contributed by atoms with E-state index in [2.05, 4.69) is 27.8 Å². The number of benzene rings is 2. The Bertz CT molecular complexity index is 1040. The van der Waals surface area contributed by atoms with E-state index in [4.69, 9.17) is 0 Å². The number of piperazine rings is 1. The van der Waals surface area contributed by atoms with Gasteiger partial charge in [-0.1, -0.05) is 43.7 Å². The molecule has 8 nitrogen and oxygen atoms in total. The van der Waals surface area contributed by atoms with Gasteiger partial charge in [-0.25, -0.2) is 4.79 Å². The van der Waals surface area contributed by atoms with Crippen molar-refractivity contribution >= 4 is 29.2 Å². The fourth-order valence-corrected chi connectivity index (χ4v) is 4.42. The first-order valence-corrected chi connectivity index (χ1v) is 12.5. The molecule has 3 N–H and O–H groups in total. The van der Waals surface area contributed by atoms with Crippen LogP contribution >= 0.6 is 0 Å². The maximum Gasteiger partial charge on any atom is 0.317 e. The first kappa shape index (κ1) is 24.7. The van der Waals surface area contributed by atoms with Crippen LogP contribution in [0, 0.1) is 5.92 Å². The van der Waals surface area contributed by atoms with Gasteiger partial charge in [0, 0.05) is 50.0 Å². The van der Waals surface area contributed by atoms with E-state index in [1.165, 1.54) is 0 Å². The van der Waals surface area contributed by atoms with Crippen LogP contribution in [0.1, 0.15) is 37.3 Å². The Morgan fingerprint density at radius 1 is 0.943 bits per heavy atom. The van der Waals surface area contributed by atoms with Crippen LogP contribution in [-0.4, -0.2) is 60.4 Å². The number of amides is 4. The number of para-hydroxylation sites is 1. The lowest BCUT2D eigenvalue weighted by molar-refractivity contribution is -0.122. The third-order valence-electron chi connectivity index (χ3n) is 6.81. The normalized spacial score (nSPS) is 16.3. The van der Waals surface area contributed by atoms with Crippen molar-refractivity contribution in [3.8, 4) is 0 Å². The summed E-state index contributed by atoms with van der Waals surface area (Å²) in [6, 6.07) is 15.3. The number of hydrogen-bond acceptors (Lipinski definition) is 4. The summed E-state index contributed by atoms with van der Waals surface area (Å²) in [7, 11) is 0. The summed E-state index contributed by atoms with van der Waals surface area (Å²) in [6.45, 7) is 5.22. The minimum absolute atomic E-state index is 0.0342. The molecule has 1 saturated carbocycles. The molecule has 0 spiro atoms. The SMILES string of the molecule is CCc1ccccc1NC(=O)CN1CCN(C(=O)NCc2cccc(NC(=O)C3CCC3)c2)CC1. The van der Waals surface area contributed by atoms with Crippen molar-refractivity contribution in [3.63, 3.8) is 0 Å². The van der Waals surface area contributed by atoms with Crippen LogP contribution in [-0.2, 0) is 22.6 Å². The Morgan fingerprint density at radius 2 is 1.71 bits per heavy atom. The Morgan fingerprint density at radius 3 is 2.43 bits per heavy atom. The molecule has 0 radical (unpaired) electrons. The molecule has 1 aliphatic heterocycles. The van der Waals surface area contributed by atoms with Gasteiger partial charge in [-0.3, -0.25) is 14.5 Å². The van der Waals surface area contributed by atoms with Gasteiger partial charge in [0.1, 0.15) is 0 Å². The zero-order valence-corrected chi connectivity index (χ0v) is 20.4. The van der Waals surface area contributed by atoms with E-state index in [9.17, 15) is 14.4 Å². The quantitative estimate of drug-likeness (QED) is 0.543. The molecule has 35 heavy (non-hydrogen) atoms. The lowest BCUT2D eigenvalue weighted by Gasteiger charge is -2.34. The van der Waals surface area contributed by atoms with Crippen LogP contribution < -0.4 is 16.0 Å². The van der Waals surface area contributed by atoms with E-state index >= 15 is 0 Å². The van der Waals surface area contributed by atoms with Crippen LogP contribution in [0.4, 0.5) is 16.2 Å². The first-order valence-electron chi connectivity index (χ1n) is 12.5. The number of nitrogens with one attached hydrogen (secondary N) is 3. The summed E-state index contributed by atoms with van der Waals surface area (Å²) in [5, 5.41) is 8.96. The van der Waals surface area contributed by atoms with Crippen molar-refractivity contribution in [3.05, 3.63) is 59.7 Å². The second-order valence-electron chi connectivity index (χ2n) is 9.30. The predicted molar refractivity (Wildman–Crippen MR) is 137 cm³/mol. The van der Waals surface area contributed by atoms with Gasteiger partial charge < -0.3 is 20.9 Å². The maximum atomic E-state index is 12.7. The summed E-state index contributed by atoms with van der Waals surface area (Å²) in [5.74, 6) is 0.182. The molecule has 4 rings (SSSR count). The van der Waals surface area contributed by atoms with Crippen molar-refractivity contribution in [2.24, 2.45) is 5.92 Å². The number of carbonyl (C=O) groups is 3. The van der Waals surface area contributed by atoms with Crippen molar-refractivity contribution in [1.29, 1.82) is 0 Å². The largest absolute Gasteiger partial charge is 0.334 e. The van der Waals surface area contributed by atoms with E-state index in [-0.39, 0.29) is 23.8 Å². The Labute approximate surface area is 207 Å². The fourth-order valence-electron chi connectivity index (χ4n) is 4.42.